The molecule has 2 aromatic carbocycles. The highest BCUT2D eigenvalue weighted by atomic mass is 16.5. The minimum Gasteiger partial charge on any atom is -0.479 e. The number of nitrogens with zero attached hydrogens (tertiary/aromatic N) is 1. The van der Waals surface area contributed by atoms with Crippen molar-refractivity contribution in [1.29, 1.82) is 5.26 Å². The minimum atomic E-state index is -0.231. The van der Waals surface area contributed by atoms with Gasteiger partial charge in [-0.05, 0) is 35.8 Å². The Bertz CT molecular complexity index is 734. The van der Waals surface area contributed by atoms with Crippen LogP contribution in [-0.4, -0.2) is 24.2 Å². The molecule has 0 saturated carbocycles. The summed E-state index contributed by atoms with van der Waals surface area (Å²) in [7, 11) is 0. The van der Waals surface area contributed by atoms with Crippen LogP contribution in [0.3, 0.4) is 0 Å². The largest absolute Gasteiger partial charge is 0.479 e. The van der Waals surface area contributed by atoms with E-state index in [1.807, 2.05) is 36.4 Å². The van der Waals surface area contributed by atoms with Gasteiger partial charge in [0, 0.05) is 12.7 Å². The molecule has 1 amide bonds. The van der Waals surface area contributed by atoms with Crippen molar-refractivity contribution in [3.05, 3.63) is 71.8 Å². The van der Waals surface area contributed by atoms with Crippen molar-refractivity contribution in [2.45, 2.75) is 12.5 Å². The van der Waals surface area contributed by atoms with E-state index in [0.29, 0.717) is 12.2 Å². The van der Waals surface area contributed by atoms with Gasteiger partial charge in [0.1, 0.15) is 11.8 Å². The lowest BCUT2D eigenvalue weighted by atomic mass is 10.0. The van der Waals surface area contributed by atoms with Crippen LogP contribution < -0.4 is 10.1 Å². The molecule has 0 aliphatic heterocycles. The maximum Gasteiger partial charge on any atom is 0.244 e. The van der Waals surface area contributed by atoms with E-state index in [1.165, 1.54) is 6.08 Å². The molecule has 0 aromatic heterocycles. The molecule has 0 fully saturated rings. The summed E-state index contributed by atoms with van der Waals surface area (Å²) in [5.41, 5.74) is 1.80. The number of hydrogen-bond acceptors (Lipinski definition) is 4. The molecule has 5 nitrogen and oxygen atoms in total. The summed E-state index contributed by atoms with van der Waals surface area (Å²) in [6.45, 7) is -0.00294. The number of amides is 1. The Kier molecular flexibility index (Phi) is 7.23. The fourth-order valence-electron chi connectivity index (χ4n) is 2.32. The Morgan fingerprint density at radius 1 is 1.20 bits per heavy atom. The van der Waals surface area contributed by atoms with E-state index in [4.69, 9.17) is 10.00 Å². The van der Waals surface area contributed by atoms with Crippen molar-refractivity contribution in [2.24, 2.45) is 0 Å². The van der Waals surface area contributed by atoms with Gasteiger partial charge >= 0.3 is 0 Å². The molecule has 0 bridgehead atoms. The molecule has 0 spiro atoms. The first-order valence-corrected chi connectivity index (χ1v) is 7.97. The molecule has 2 rings (SSSR count). The monoisotopic (exact) mass is 336 g/mol. The van der Waals surface area contributed by atoms with Crippen LogP contribution in [0.4, 0.5) is 0 Å². The first-order chi connectivity index (χ1) is 12.2. The fourth-order valence-corrected chi connectivity index (χ4v) is 2.32. The highest BCUT2D eigenvalue weighted by Crippen LogP contribution is 2.16. The zero-order chi connectivity index (χ0) is 17.9. The van der Waals surface area contributed by atoms with Crippen LogP contribution in [0.1, 0.15) is 23.6 Å². The fraction of sp³-hybridized carbons (Fsp3) is 0.200. The molecule has 1 unspecified atom stereocenters. The summed E-state index contributed by atoms with van der Waals surface area (Å²) in [6, 6.07) is 18.3. The van der Waals surface area contributed by atoms with Gasteiger partial charge in [0.05, 0.1) is 6.04 Å². The molecule has 0 aliphatic carbocycles. The average Bonchev–Trinajstić information content (AvgIpc) is 2.66. The first kappa shape index (κ1) is 18.2. The molecular formula is C20H20N2O3. The summed E-state index contributed by atoms with van der Waals surface area (Å²) < 4.78 is 5.18. The average molecular weight is 336 g/mol. The zero-order valence-electron chi connectivity index (χ0n) is 13.8. The normalized spacial score (nSPS) is 11.7. The Labute approximate surface area is 147 Å². The van der Waals surface area contributed by atoms with Crippen LogP contribution in [0.2, 0.25) is 0 Å². The van der Waals surface area contributed by atoms with Gasteiger partial charge in [-0.3, -0.25) is 4.79 Å². The molecule has 1 atom stereocenters. The van der Waals surface area contributed by atoms with Gasteiger partial charge in [-0.1, -0.05) is 42.5 Å². The van der Waals surface area contributed by atoms with E-state index in [2.05, 4.69) is 5.32 Å². The summed E-state index contributed by atoms with van der Waals surface area (Å²) >= 11 is 0. The van der Waals surface area contributed by atoms with E-state index >= 15 is 0 Å². The molecule has 0 aliphatic rings. The summed E-state index contributed by atoms with van der Waals surface area (Å²) in [6.07, 6.45) is 3.61. The number of rotatable bonds is 8. The third kappa shape index (κ3) is 6.13. The maximum absolute atomic E-state index is 12.1. The van der Waals surface area contributed by atoms with Crippen molar-refractivity contribution < 1.29 is 14.6 Å². The highest BCUT2D eigenvalue weighted by Gasteiger charge is 2.12. The number of hydrogen-bond donors (Lipinski definition) is 2. The molecule has 5 heteroatoms. The lowest BCUT2D eigenvalue weighted by Crippen LogP contribution is -2.27. The summed E-state index contributed by atoms with van der Waals surface area (Å²) in [5.74, 6) is 0.377. The quantitative estimate of drug-likeness (QED) is 0.726. The molecule has 0 heterocycles. The van der Waals surface area contributed by atoms with Gasteiger partial charge in [-0.2, -0.15) is 5.26 Å². The van der Waals surface area contributed by atoms with Crippen LogP contribution in [-0.2, 0) is 4.79 Å². The predicted molar refractivity (Wildman–Crippen MR) is 95.6 cm³/mol. The number of nitriles is 1. The van der Waals surface area contributed by atoms with Crippen molar-refractivity contribution in [1.82, 2.24) is 5.32 Å². The van der Waals surface area contributed by atoms with Gasteiger partial charge in [-0.25, -0.2) is 0 Å². The number of ether oxygens (including phenoxy) is 1. The van der Waals surface area contributed by atoms with Gasteiger partial charge in [-0.15, -0.1) is 0 Å². The van der Waals surface area contributed by atoms with Crippen LogP contribution in [0.15, 0.2) is 60.7 Å². The first-order valence-electron chi connectivity index (χ1n) is 7.97. The second-order valence-electron chi connectivity index (χ2n) is 5.33. The Morgan fingerprint density at radius 3 is 2.56 bits per heavy atom. The second kappa shape index (κ2) is 9.91. The number of carbonyl (C=O) groups excluding carboxylic acids is 1. The van der Waals surface area contributed by atoms with Crippen LogP contribution >= 0.6 is 0 Å². The number of nitrogens with one attached hydrogen (secondary N) is 1. The van der Waals surface area contributed by atoms with Crippen molar-refractivity contribution in [3.63, 3.8) is 0 Å². The number of benzene rings is 2. The minimum absolute atomic E-state index is 0.00330. The Hall–Kier alpha value is -3.10. The maximum atomic E-state index is 12.1. The van der Waals surface area contributed by atoms with Gasteiger partial charge in [0.2, 0.25) is 5.91 Å². The second-order valence-corrected chi connectivity index (χ2v) is 5.33. The predicted octanol–water partition coefficient (Wildman–Crippen LogP) is 2.84. The van der Waals surface area contributed by atoms with E-state index in [1.54, 1.807) is 30.3 Å². The van der Waals surface area contributed by atoms with Crippen LogP contribution in [0.25, 0.3) is 6.08 Å². The Morgan fingerprint density at radius 2 is 1.92 bits per heavy atom. The molecule has 0 radical (unpaired) electrons. The van der Waals surface area contributed by atoms with E-state index in [9.17, 15) is 9.90 Å². The SMILES string of the molecule is N#CCOc1ccc(/C=C/C(=O)NC(CCO)c2ccccc2)cc1. The third-order valence-electron chi connectivity index (χ3n) is 3.55. The van der Waals surface area contributed by atoms with Gasteiger partial charge in [0.15, 0.2) is 6.61 Å². The molecule has 128 valence electrons. The standard InChI is InChI=1S/C20H20N2O3/c21-13-15-25-18-9-6-16(7-10-18)8-11-20(24)22-19(12-14-23)17-4-2-1-3-5-17/h1-11,19,23H,12,14-15H2,(H,22,24)/b11-8+. The van der Waals surface area contributed by atoms with Crippen molar-refractivity contribution >= 4 is 12.0 Å². The number of aliphatic hydroxyl groups excluding tert-OH is 1. The lowest BCUT2D eigenvalue weighted by molar-refractivity contribution is -0.117. The zero-order valence-corrected chi connectivity index (χ0v) is 13.8. The Balaban J connectivity index is 1.95. The highest BCUT2D eigenvalue weighted by molar-refractivity contribution is 5.92. The van der Waals surface area contributed by atoms with Crippen LogP contribution in [0, 0.1) is 11.3 Å². The third-order valence-corrected chi connectivity index (χ3v) is 3.55. The molecule has 25 heavy (non-hydrogen) atoms. The number of aliphatic hydroxyl groups is 1. The van der Waals surface area contributed by atoms with E-state index in [0.717, 1.165) is 11.1 Å². The number of carbonyl (C=O) groups is 1. The van der Waals surface area contributed by atoms with Gasteiger partial charge in [0.25, 0.3) is 0 Å². The van der Waals surface area contributed by atoms with Crippen molar-refractivity contribution in [3.8, 4) is 11.8 Å². The topological polar surface area (TPSA) is 82.3 Å². The van der Waals surface area contributed by atoms with Crippen molar-refractivity contribution in [2.75, 3.05) is 13.2 Å². The smallest absolute Gasteiger partial charge is 0.244 e. The summed E-state index contributed by atoms with van der Waals surface area (Å²) in [5, 5.41) is 20.6. The van der Waals surface area contributed by atoms with Gasteiger partial charge < -0.3 is 15.2 Å². The molecule has 0 saturated heterocycles. The van der Waals surface area contributed by atoms with Crippen LogP contribution in [0.5, 0.6) is 5.75 Å². The van der Waals surface area contributed by atoms with E-state index in [-0.39, 0.29) is 25.2 Å². The molecule has 2 aromatic rings. The molecular weight excluding hydrogens is 316 g/mol. The lowest BCUT2D eigenvalue weighted by Gasteiger charge is -2.17. The van der Waals surface area contributed by atoms with E-state index < -0.39 is 0 Å². The summed E-state index contributed by atoms with van der Waals surface area (Å²) in [4.78, 5) is 12.1. The molecule has 2 N–H and O–H groups in total.